The van der Waals surface area contributed by atoms with E-state index in [4.69, 9.17) is 5.11 Å². The van der Waals surface area contributed by atoms with Gasteiger partial charge in [-0.2, -0.15) is 5.10 Å². The molecule has 2 aromatic rings. The Morgan fingerprint density at radius 2 is 2.00 bits per heavy atom. The fraction of sp³-hybridized carbons (Fsp3) is 0.333. The van der Waals surface area contributed by atoms with Crippen LogP contribution in [0.3, 0.4) is 0 Å². The predicted octanol–water partition coefficient (Wildman–Crippen LogP) is 1.68. The molecule has 0 aliphatic rings. The summed E-state index contributed by atoms with van der Waals surface area (Å²) in [6.45, 7) is 2.30. The van der Waals surface area contributed by atoms with E-state index >= 15 is 0 Å². The van der Waals surface area contributed by atoms with E-state index in [0.717, 1.165) is 25.1 Å². The number of aromatic nitrogens is 2. The standard InChI is InChI=1S/C15H18N2O2/c1-12-10-15(19)14(11-18)16-17(12)9-5-8-13-6-3-2-4-7-13/h2-4,6-7,10,18H,5,8-9,11H2,1H3. The van der Waals surface area contributed by atoms with Crippen LogP contribution in [0, 0.1) is 6.92 Å². The van der Waals surface area contributed by atoms with Crippen molar-refractivity contribution in [3.63, 3.8) is 0 Å². The van der Waals surface area contributed by atoms with Gasteiger partial charge in [-0.3, -0.25) is 9.48 Å². The van der Waals surface area contributed by atoms with Crippen molar-refractivity contribution in [1.82, 2.24) is 9.78 Å². The summed E-state index contributed by atoms with van der Waals surface area (Å²) in [6, 6.07) is 11.8. The number of aliphatic hydroxyl groups excluding tert-OH is 1. The number of benzene rings is 1. The van der Waals surface area contributed by atoms with E-state index in [9.17, 15) is 4.79 Å². The van der Waals surface area contributed by atoms with Gasteiger partial charge in [0.05, 0.1) is 6.61 Å². The van der Waals surface area contributed by atoms with Gasteiger partial charge in [0.25, 0.3) is 0 Å². The molecule has 1 heterocycles. The molecule has 0 aliphatic carbocycles. The Bertz CT molecular complexity index is 591. The van der Waals surface area contributed by atoms with Gasteiger partial charge in [0, 0.05) is 18.3 Å². The predicted molar refractivity (Wildman–Crippen MR) is 73.9 cm³/mol. The lowest BCUT2D eigenvalue weighted by molar-refractivity contribution is 0.271. The molecule has 0 atom stereocenters. The average Bonchev–Trinajstić information content (AvgIpc) is 2.42. The van der Waals surface area contributed by atoms with Crippen LogP contribution in [0.1, 0.15) is 23.4 Å². The number of nitrogens with zero attached hydrogens (tertiary/aromatic N) is 2. The molecule has 0 radical (unpaired) electrons. The summed E-state index contributed by atoms with van der Waals surface area (Å²) in [5, 5.41) is 13.2. The van der Waals surface area contributed by atoms with E-state index in [1.165, 1.54) is 11.6 Å². The van der Waals surface area contributed by atoms with Crippen LogP contribution in [0.15, 0.2) is 41.2 Å². The molecule has 1 aromatic carbocycles. The van der Waals surface area contributed by atoms with Crippen LogP contribution in [0.25, 0.3) is 0 Å². The van der Waals surface area contributed by atoms with E-state index in [-0.39, 0.29) is 17.7 Å². The fourth-order valence-corrected chi connectivity index (χ4v) is 2.03. The number of hydrogen-bond acceptors (Lipinski definition) is 3. The minimum atomic E-state index is -0.308. The van der Waals surface area contributed by atoms with Gasteiger partial charge in [0.2, 0.25) is 5.43 Å². The first kappa shape index (κ1) is 13.5. The molecule has 0 saturated heterocycles. The van der Waals surface area contributed by atoms with Gasteiger partial charge in [-0.05, 0) is 25.3 Å². The van der Waals surface area contributed by atoms with E-state index in [0.29, 0.717) is 0 Å². The van der Waals surface area contributed by atoms with E-state index in [1.54, 1.807) is 4.68 Å². The monoisotopic (exact) mass is 258 g/mol. The number of aryl methyl sites for hydroxylation is 3. The Kier molecular flexibility index (Phi) is 4.47. The lowest BCUT2D eigenvalue weighted by Gasteiger charge is -2.10. The summed E-state index contributed by atoms with van der Waals surface area (Å²) in [7, 11) is 0. The molecule has 0 saturated carbocycles. The highest BCUT2D eigenvalue weighted by Gasteiger charge is 2.04. The highest BCUT2D eigenvalue weighted by atomic mass is 16.3. The molecule has 19 heavy (non-hydrogen) atoms. The Balaban J connectivity index is 2.02. The topological polar surface area (TPSA) is 55.1 Å². The van der Waals surface area contributed by atoms with Gasteiger partial charge in [-0.25, -0.2) is 0 Å². The zero-order valence-corrected chi connectivity index (χ0v) is 11.0. The van der Waals surface area contributed by atoms with E-state index < -0.39 is 0 Å². The third-order valence-electron chi connectivity index (χ3n) is 3.10. The lowest BCUT2D eigenvalue weighted by Crippen LogP contribution is -2.20. The molecule has 0 amide bonds. The van der Waals surface area contributed by atoms with Crippen LogP contribution in [0.4, 0.5) is 0 Å². The SMILES string of the molecule is Cc1cc(=O)c(CO)nn1CCCc1ccccc1. The third-order valence-corrected chi connectivity index (χ3v) is 3.10. The van der Waals surface area contributed by atoms with Crippen molar-refractivity contribution in [2.75, 3.05) is 0 Å². The Morgan fingerprint density at radius 3 is 2.68 bits per heavy atom. The summed E-state index contributed by atoms with van der Waals surface area (Å²) in [6.07, 6.45) is 1.92. The van der Waals surface area contributed by atoms with Gasteiger partial charge in [0.15, 0.2) is 0 Å². The Morgan fingerprint density at radius 1 is 1.26 bits per heavy atom. The summed E-state index contributed by atoms with van der Waals surface area (Å²) < 4.78 is 1.79. The van der Waals surface area contributed by atoms with Gasteiger partial charge < -0.3 is 5.11 Å². The molecule has 0 bridgehead atoms. The number of hydrogen-bond donors (Lipinski definition) is 1. The van der Waals surface area contributed by atoms with Crippen LogP contribution in [0.5, 0.6) is 0 Å². The maximum absolute atomic E-state index is 11.5. The van der Waals surface area contributed by atoms with Crippen molar-refractivity contribution in [2.45, 2.75) is 32.9 Å². The highest BCUT2D eigenvalue weighted by molar-refractivity contribution is 5.14. The fourth-order valence-electron chi connectivity index (χ4n) is 2.03. The Labute approximate surface area is 112 Å². The second-order valence-corrected chi connectivity index (χ2v) is 4.57. The zero-order chi connectivity index (χ0) is 13.7. The third kappa shape index (κ3) is 3.51. The van der Waals surface area contributed by atoms with Crippen LogP contribution in [-0.4, -0.2) is 14.9 Å². The van der Waals surface area contributed by atoms with E-state index in [1.807, 2.05) is 25.1 Å². The minimum absolute atomic E-state index is 0.195. The second kappa shape index (κ2) is 6.29. The van der Waals surface area contributed by atoms with Gasteiger partial charge in [-0.1, -0.05) is 30.3 Å². The number of aliphatic hydroxyl groups is 1. The summed E-state index contributed by atoms with van der Waals surface area (Å²) in [4.78, 5) is 11.5. The maximum atomic E-state index is 11.5. The van der Waals surface area contributed by atoms with Gasteiger partial charge >= 0.3 is 0 Å². The first-order valence-electron chi connectivity index (χ1n) is 6.43. The first-order chi connectivity index (χ1) is 9.20. The molecule has 1 aromatic heterocycles. The quantitative estimate of drug-likeness (QED) is 0.887. The van der Waals surface area contributed by atoms with Crippen molar-refractivity contribution in [3.05, 3.63) is 63.6 Å². The first-order valence-corrected chi connectivity index (χ1v) is 6.43. The molecule has 0 spiro atoms. The number of rotatable bonds is 5. The second-order valence-electron chi connectivity index (χ2n) is 4.57. The molecule has 2 rings (SSSR count). The van der Waals surface area contributed by atoms with Crippen molar-refractivity contribution in [1.29, 1.82) is 0 Å². The molecule has 4 nitrogen and oxygen atoms in total. The van der Waals surface area contributed by atoms with Crippen molar-refractivity contribution >= 4 is 0 Å². The van der Waals surface area contributed by atoms with Crippen molar-refractivity contribution in [3.8, 4) is 0 Å². The molecular weight excluding hydrogens is 240 g/mol. The molecule has 1 N–H and O–H groups in total. The molecule has 100 valence electrons. The van der Waals surface area contributed by atoms with Gasteiger partial charge in [0.1, 0.15) is 5.69 Å². The Hall–Kier alpha value is -1.94. The smallest absolute Gasteiger partial charge is 0.206 e. The van der Waals surface area contributed by atoms with Crippen LogP contribution < -0.4 is 5.43 Å². The van der Waals surface area contributed by atoms with Crippen molar-refractivity contribution in [2.24, 2.45) is 0 Å². The average molecular weight is 258 g/mol. The largest absolute Gasteiger partial charge is 0.390 e. The van der Waals surface area contributed by atoms with Crippen LogP contribution in [0.2, 0.25) is 0 Å². The van der Waals surface area contributed by atoms with Crippen LogP contribution in [-0.2, 0) is 19.6 Å². The van der Waals surface area contributed by atoms with Crippen molar-refractivity contribution < 1.29 is 5.11 Å². The molecular formula is C15H18N2O2. The van der Waals surface area contributed by atoms with Gasteiger partial charge in [-0.15, -0.1) is 0 Å². The summed E-state index contributed by atoms with van der Waals surface area (Å²) in [5.74, 6) is 0. The van der Waals surface area contributed by atoms with E-state index in [2.05, 4.69) is 17.2 Å². The highest BCUT2D eigenvalue weighted by Crippen LogP contribution is 2.04. The maximum Gasteiger partial charge on any atom is 0.206 e. The molecule has 0 fully saturated rings. The lowest BCUT2D eigenvalue weighted by atomic mass is 10.1. The summed E-state index contributed by atoms with van der Waals surface area (Å²) >= 11 is 0. The molecule has 0 unspecified atom stereocenters. The zero-order valence-electron chi connectivity index (χ0n) is 11.0. The molecule has 4 heteroatoms. The molecule has 0 aliphatic heterocycles. The summed E-state index contributed by atoms with van der Waals surface area (Å²) in [5.41, 5.74) is 2.14. The van der Waals surface area contributed by atoms with Crippen LogP contribution >= 0.6 is 0 Å². The minimum Gasteiger partial charge on any atom is -0.390 e. The normalized spacial score (nSPS) is 10.6.